The van der Waals surface area contributed by atoms with Crippen LogP contribution in [0, 0.1) is 11.8 Å². The molecule has 5 heteroatoms. The van der Waals surface area contributed by atoms with Gasteiger partial charge in [0.2, 0.25) is 0 Å². The van der Waals surface area contributed by atoms with Gasteiger partial charge in [0.25, 0.3) is 0 Å². The maximum atomic E-state index is 11.9. The van der Waals surface area contributed by atoms with Gasteiger partial charge in [0, 0.05) is 6.54 Å². The third kappa shape index (κ3) is 3.39. The van der Waals surface area contributed by atoms with Crippen molar-refractivity contribution in [1.29, 1.82) is 0 Å². The van der Waals surface area contributed by atoms with Gasteiger partial charge in [-0.15, -0.1) is 0 Å². The maximum absolute atomic E-state index is 11.9. The Kier molecular flexibility index (Phi) is 4.32. The molecule has 2 unspecified atom stereocenters. The Labute approximate surface area is 114 Å². The lowest BCUT2D eigenvalue weighted by Crippen LogP contribution is -2.59. The van der Waals surface area contributed by atoms with E-state index in [1.54, 1.807) is 0 Å². The molecule has 0 aromatic carbocycles. The normalized spacial score (nSPS) is 31.3. The number of rotatable bonds is 4. The zero-order valence-corrected chi connectivity index (χ0v) is 11.6. The van der Waals surface area contributed by atoms with E-state index in [0.29, 0.717) is 31.2 Å². The topological polar surface area (TPSA) is 78.4 Å². The Morgan fingerprint density at radius 1 is 1.26 bits per heavy atom. The molecule has 0 aromatic rings. The lowest BCUT2D eigenvalue weighted by Gasteiger charge is -2.37. The fourth-order valence-electron chi connectivity index (χ4n) is 3.11. The van der Waals surface area contributed by atoms with E-state index < -0.39 is 11.5 Å². The van der Waals surface area contributed by atoms with Crippen LogP contribution in [0.5, 0.6) is 0 Å². The largest absolute Gasteiger partial charge is 0.480 e. The van der Waals surface area contributed by atoms with Crippen LogP contribution in [0.1, 0.15) is 51.9 Å². The molecule has 2 rings (SSSR count). The third-order valence-electron chi connectivity index (χ3n) is 4.54. The molecule has 0 heterocycles. The Morgan fingerprint density at radius 3 is 2.53 bits per heavy atom. The molecule has 5 nitrogen and oxygen atoms in total. The minimum Gasteiger partial charge on any atom is -0.480 e. The first kappa shape index (κ1) is 14.2. The second kappa shape index (κ2) is 5.80. The number of aliphatic carboxylic acids is 1. The number of carboxylic acids is 1. The van der Waals surface area contributed by atoms with Gasteiger partial charge in [-0.2, -0.15) is 0 Å². The van der Waals surface area contributed by atoms with Crippen LogP contribution in [0.25, 0.3) is 0 Å². The lowest BCUT2D eigenvalue weighted by molar-refractivity contribution is -0.146. The minimum absolute atomic E-state index is 0.330. The summed E-state index contributed by atoms with van der Waals surface area (Å²) in [6, 6.07) is -0.330. The highest BCUT2D eigenvalue weighted by atomic mass is 16.4. The number of urea groups is 1. The molecule has 3 N–H and O–H groups in total. The van der Waals surface area contributed by atoms with Gasteiger partial charge < -0.3 is 15.7 Å². The number of hydrogen-bond donors (Lipinski definition) is 3. The van der Waals surface area contributed by atoms with Crippen molar-refractivity contribution >= 4 is 12.0 Å². The SMILES string of the molecule is CC1CCCC(NC(=O)NCC2CCC2)(C(=O)O)C1. The van der Waals surface area contributed by atoms with Crippen LogP contribution in [0.2, 0.25) is 0 Å². The molecule has 19 heavy (non-hydrogen) atoms. The molecule has 2 aliphatic rings. The van der Waals surface area contributed by atoms with E-state index in [0.717, 1.165) is 12.8 Å². The van der Waals surface area contributed by atoms with E-state index >= 15 is 0 Å². The number of amides is 2. The molecular weight excluding hydrogens is 244 g/mol. The molecule has 108 valence electrons. The standard InChI is InChI=1S/C14H24N2O3/c1-10-4-3-7-14(8-10,12(17)18)16-13(19)15-9-11-5-2-6-11/h10-11H,2-9H2,1H3,(H,17,18)(H2,15,16,19). The summed E-state index contributed by atoms with van der Waals surface area (Å²) in [5.74, 6) is 0.0198. The molecule has 0 radical (unpaired) electrons. The lowest BCUT2D eigenvalue weighted by atomic mass is 9.76. The highest BCUT2D eigenvalue weighted by molar-refractivity contribution is 5.86. The summed E-state index contributed by atoms with van der Waals surface area (Å²) in [4.78, 5) is 23.4. The van der Waals surface area contributed by atoms with Crippen LogP contribution >= 0.6 is 0 Å². The van der Waals surface area contributed by atoms with Gasteiger partial charge in [0.05, 0.1) is 0 Å². The summed E-state index contributed by atoms with van der Waals surface area (Å²) in [6.45, 7) is 2.71. The smallest absolute Gasteiger partial charge is 0.329 e. The zero-order valence-electron chi connectivity index (χ0n) is 11.6. The van der Waals surface area contributed by atoms with E-state index in [-0.39, 0.29) is 6.03 Å². The van der Waals surface area contributed by atoms with Gasteiger partial charge in [0.1, 0.15) is 5.54 Å². The molecule has 0 saturated heterocycles. The highest BCUT2D eigenvalue weighted by Gasteiger charge is 2.43. The first-order valence-electron chi connectivity index (χ1n) is 7.31. The Hall–Kier alpha value is -1.26. The van der Waals surface area contributed by atoms with Crippen molar-refractivity contribution in [2.75, 3.05) is 6.54 Å². The second-order valence-electron chi connectivity index (χ2n) is 6.22. The van der Waals surface area contributed by atoms with Gasteiger partial charge >= 0.3 is 12.0 Å². The number of carbonyl (C=O) groups is 2. The van der Waals surface area contributed by atoms with Crippen LogP contribution < -0.4 is 10.6 Å². The van der Waals surface area contributed by atoms with Crippen molar-refractivity contribution in [1.82, 2.24) is 10.6 Å². The van der Waals surface area contributed by atoms with Crippen molar-refractivity contribution < 1.29 is 14.7 Å². The van der Waals surface area contributed by atoms with Crippen LogP contribution in [0.4, 0.5) is 4.79 Å². The van der Waals surface area contributed by atoms with E-state index in [4.69, 9.17) is 0 Å². The van der Waals surface area contributed by atoms with E-state index in [1.807, 2.05) is 6.92 Å². The Morgan fingerprint density at radius 2 is 2.00 bits per heavy atom. The Bertz CT molecular complexity index is 355. The first-order chi connectivity index (χ1) is 9.02. The first-order valence-corrected chi connectivity index (χ1v) is 7.31. The molecule has 2 fully saturated rings. The van der Waals surface area contributed by atoms with Gasteiger partial charge in [-0.1, -0.05) is 26.2 Å². The number of carbonyl (C=O) groups excluding carboxylic acids is 1. The molecule has 0 spiro atoms. The third-order valence-corrected chi connectivity index (χ3v) is 4.54. The fourth-order valence-corrected chi connectivity index (χ4v) is 3.11. The summed E-state index contributed by atoms with van der Waals surface area (Å²) in [5.41, 5.74) is -1.07. The highest BCUT2D eigenvalue weighted by Crippen LogP contribution is 2.32. The average molecular weight is 268 g/mol. The van der Waals surface area contributed by atoms with Crippen molar-refractivity contribution in [3.63, 3.8) is 0 Å². The Balaban J connectivity index is 1.88. The predicted molar refractivity (Wildman–Crippen MR) is 71.9 cm³/mol. The quantitative estimate of drug-likeness (QED) is 0.730. The summed E-state index contributed by atoms with van der Waals surface area (Å²) in [5, 5.41) is 15.0. The molecule has 2 amide bonds. The molecule has 2 saturated carbocycles. The van der Waals surface area contributed by atoms with Gasteiger partial charge in [-0.05, 0) is 37.5 Å². The number of hydrogen-bond acceptors (Lipinski definition) is 2. The van der Waals surface area contributed by atoms with Crippen LogP contribution in [0.3, 0.4) is 0 Å². The molecule has 0 bridgehead atoms. The molecule has 2 atom stereocenters. The minimum atomic E-state index is -1.07. The van der Waals surface area contributed by atoms with E-state index in [9.17, 15) is 14.7 Å². The number of nitrogens with one attached hydrogen (secondary N) is 2. The predicted octanol–water partition coefficient (Wildman–Crippen LogP) is 2.12. The van der Waals surface area contributed by atoms with Gasteiger partial charge in [0.15, 0.2) is 0 Å². The van der Waals surface area contributed by atoms with Crippen molar-refractivity contribution in [2.24, 2.45) is 11.8 Å². The molecule has 2 aliphatic carbocycles. The average Bonchev–Trinajstić information content (AvgIpc) is 2.26. The van der Waals surface area contributed by atoms with Gasteiger partial charge in [-0.3, -0.25) is 0 Å². The monoisotopic (exact) mass is 268 g/mol. The number of carboxylic acid groups (broad SMARTS) is 1. The van der Waals surface area contributed by atoms with Crippen LogP contribution in [-0.4, -0.2) is 29.2 Å². The van der Waals surface area contributed by atoms with E-state index in [1.165, 1.54) is 19.3 Å². The molecule has 0 aliphatic heterocycles. The fraction of sp³-hybridized carbons (Fsp3) is 0.857. The summed E-state index contributed by atoms with van der Waals surface area (Å²) < 4.78 is 0. The summed E-state index contributed by atoms with van der Waals surface area (Å²) in [6.07, 6.45) is 6.53. The van der Waals surface area contributed by atoms with Crippen molar-refractivity contribution in [3.8, 4) is 0 Å². The molecule has 0 aromatic heterocycles. The van der Waals surface area contributed by atoms with Crippen LogP contribution in [-0.2, 0) is 4.79 Å². The zero-order chi connectivity index (χ0) is 13.9. The van der Waals surface area contributed by atoms with Crippen LogP contribution in [0.15, 0.2) is 0 Å². The van der Waals surface area contributed by atoms with Gasteiger partial charge in [-0.25, -0.2) is 9.59 Å². The van der Waals surface area contributed by atoms with Crippen molar-refractivity contribution in [2.45, 2.75) is 57.4 Å². The maximum Gasteiger partial charge on any atom is 0.329 e. The molecular formula is C14H24N2O3. The second-order valence-corrected chi connectivity index (χ2v) is 6.22. The summed E-state index contributed by atoms with van der Waals surface area (Å²) in [7, 11) is 0. The van der Waals surface area contributed by atoms with E-state index in [2.05, 4.69) is 10.6 Å². The summed E-state index contributed by atoms with van der Waals surface area (Å²) >= 11 is 0. The van der Waals surface area contributed by atoms with Crippen molar-refractivity contribution in [3.05, 3.63) is 0 Å².